The third-order valence-corrected chi connectivity index (χ3v) is 5.44. The summed E-state index contributed by atoms with van der Waals surface area (Å²) in [5, 5.41) is 5.68. The first-order valence-electron chi connectivity index (χ1n) is 6.04. The lowest BCUT2D eigenvalue weighted by Gasteiger charge is -2.20. The average molecular weight is 269 g/mol. The summed E-state index contributed by atoms with van der Waals surface area (Å²) < 4.78 is 0. The highest BCUT2D eigenvalue weighted by molar-refractivity contribution is 8.14. The Bertz CT molecular complexity index is 414. The Balaban J connectivity index is 1.93. The molecular formula is C12H19N3S2. The number of thioether (sulfide) groups is 1. The zero-order valence-electron chi connectivity index (χ0n) is 10.6. The molecule has 1 aliphatic rings. The van der Waals surface area contributed by atoms with E-state index in [1.165, 1.54) is 4.88 Å². The minimum Gasteiger partial charge on any atom is -0.359 e. The summed E-state index contributed by atoms with van der Waals surface area (Å²) >= 11 is 3.59. The number of hydrogen-bond acceptors (Lipinski definition) is 4. The lowest BCUT2D eigenvalue weighted by atomic mass is 10.0. The molecule has 1 unspecified atom stereocenters. The molecule has 1 aliphatic heterocycles. The summed E-state index contributed by atoms with van der Waals surface area (Å²) in [5.41, 5.74) is 0.223. The average Bonchev–Trinajstić information content (AvgIpc) is 2.94. The van der Waals surface area contributed by atoms with E-state index in [0.29, 0.717) is 6.54 Å². The molecule has 1 N–H and O–H groups in total. The highest BCUT2D eigenvalue weighted by Gasteiger charge is 2.30. The van der Waals surface area contributed by atoms with E-state index in [-0.39, 0.29) is 5.54 Å². The van der Waals surface area contributed by atoms with Crippen LogP contribution in [0.25, 0.3) is 0 Å². The van der Waals surface area contributed by atoms with Crippen molar-refractivity contribution >= 4 is 28.3 Å². The van der Waals surface area contributed by atoms with Crippen LogP contribution in [0.15, 0.2) is 11.2 Å². The van der Waals surface area contributed by atoms with Crippen molar-refractivity contribution in [2.45, 2.75) is 45.7 Å². The van der Waals surface area contributed by atoms with Crippen molar-refractivity contribution in [2.75, 3.05) is 5.75 Å². The molecule has 1 aromatic heterocycles. The van der Waals surface area contributed by atoms with Crippen molar-refractivity contribution < 1.29 is 0 Å². The fourth-order valence-corrected chi connectivity index (χ4v) is 3.55. The van der Waals surface area contributed by atoms with E-state index >= 15 is 0 Å². The van der Waals surface area contributed by atoms with Gasteiger partial charge in [0.05, 0.1) is 6.54 Å². The molecule has 5 heteroatoms. The molecule has 0 bridgehead atoms. The van der Waals surface area contributed by atoms with Crippen molar-refractivity contribution in [3.05, 3.63) is 16.1 Å². The van der Waals surface area contributed by atoms with Crippen LogP contribution in [0.4, 0.5) is 0 Å². The van der Waals surface area contributed by atoms with Gasteiger partial charge in [-0.2, -0.15) is 0 Å². The lowest BCUT2D eigenvalue weighted by molar-refractivity contribution is 0.466. The maximum atomic E-state index is 4.60. The fourth-order valence-electron chi connectivity index (χ4n) is 1.56. The summed E-state index contributed by atoms with van der Waals surface area (Å²) in [5.74, 6) is 1.11. The summed E-state index contributed by atoms with van der Waals surface area (Å²) in [6, 6.07) is 0. The second-order valence-corrected chi connectivity index (χ2v) is 6.69. The molecule has 17 heavy (non-hydrogen) atoms. The Morgan fingerprint density at radius 1 is 1.53 bits per heavy atom. The number of aliphatic imine (C=N–C) groups is 1. The van der Waals surface area contributed by atoms with Gasteiger partial charge < -0.3 is 5.32 Å². The van der Waals surface area contributed by atoms with Crippen molar-refractivity contribution in [2.24, 2.45) is 4.99 Å². The Morgan fingerprint density at radius 2 is 2.35 bits per heavy atom. The van der Waals surface area contributed by atoms with E-state index in [4.69, 9.17) is 0 Å². The number of amidine groups is 1. The first-order chi connectivity index (χ1) is 8.15. The second kappa shape index (κ2) is 5.40. The van der Waals surface area contributed by atoms with Crippen LogP contribution in [-0.4, -0.2) is 21.4 Å². The molecule has 0 spiro atoms. The van der Waals surface area contributed by atoms with Crippen molar-refractivity contribution in [1.29, 1.82) is 0 Å². The van der Waals surface area contributed by atoms with Crippen LogP contribution >= 0.6 is 23.1 Å². The number of thiazole rings is 1. The molecule has 1 fully saturated rings. The van der Waals surface area contributed by atoms with E-state index in [0.717, 1.165) is 28.8 Å². The van der Waals surface area contributed by atoms with Gasteiger partial charge in [-0.05, 0) is 19.8 Å². The summed E-state index contributed by atoms with van der Waals surface area (Å²) in [6.45, 7) is 7.33. The van der Waals surface area contributed by atoms with Crippen molar-refractivity contribution in [1.82, 2.24) is 10.3 Å². The maximum Gasteiger partial charge on any atom is 0.157 e. The van der Waals surface area contributed by atoms with Gasteiger partial charge in [0, 0.05) is 22.4 Å². The Labute approximate surface area is 111 Å². The summed E-state index contributed by atoms with van der Waals surface area (Å²) in [7, 11) is 0. The van der Waals surface area contributed by atoms with Gasteiger partial charge in [-0.15, -0.1) is 11.3 Å². The van der Waals surface area contributed by atoms with Gasteiger partial charge in [-0.3, -0.25) is 4.99 Å². The van der Waals surface area contributed by atoms with E-state index in [2.05, 4.69) is 36.1 Å². The number of nitrogens with zero attached hydrogens (tertiary/aromatic N) is 2. The quantitative estimate of drug-likeness (QED) is 0.913. The largest absolute Gasteiger partial charge is 0.359 e. The number of nitrogens with one attached hydrogen (secondary N) is 1. The van der Waals surface area contributed by atoms with E-state index in [1.807, 2.05) is 18.0 Å². The van der Waals surface area contributed by atoms with E-state index < -0.39 is 0 Å². The van der Waals surface area contributed by atoms with E-state index in [1.54, 1.807) is 11.3 Å². The predicted octanol–water partition coefficient (Wildman–Crippen LogP) is 3.07. The first kappa shape index (κ1) is 12.9. The molecule has 94 valence electrons. The predicted molar refractivity (Wildman–Crippen MR) is 76.9 cm³/mol. The lowest BCUT2D eigenvalue weighted by Crippen LogP contribution is -2.39. The molecular weight excluding hydrogens is 250 g/mol. The third-order valence-electron chi connectivity index (χ3n) is 3.02. The number of rotatable bonds is 4. The molecule has 0 amide bonds. The summed E-state index contributed by atoms with van der Waals surface area (Å²) in [4.78, 5) is 10.3. The maximum absolute atomic E-state index is 4.60. The second-order valence-electron chi connectivity index (χ2n) is 4.52. The monoisotopic (exact) mass is 269 g/mol. The van der Waals surface area contributed by atoms with Gasteiger partial charge in [0.25, 0.3) is 0 Å². The van der Waals surface area contributed by atoms with Crippen LogP contribution in [-0.2, 0) is 13.0 Å². The molecule has 1 aromatic rings. The highest BCUT2D eigenvalue weighted by atomic mass is 32.2. The van der Waals surface area contributed by atoms with Gasteiger partial charge in [0.15, 0.2) is 5.17 Å². The molecule has 0 aromatic carbocycles. The molecule has 2 rings (SSSR count). The molecule has 2 heterocycles. The van der Waals surface area contributed by atoms with Crippen LogP contribution < -0.4 is 5.32 Å². The zero-order chi connectivity index (χ0) is 12.3. The SMILES string of the molecule is CCc1cnc(CN=C2NC(C)(CC)CS2)s1. The smallest absolute Gasteiger partial charge is 0.157 e. The van der Waals surface area contributed by atoms with Crippen LogP contribution in [0.3, 0.4) is 0 Å². The Kier molecular flexibility index (Phi) is 4.09. The van der Waals surface area contributed by atoms with Crippen LogP contribution in [0, 0.1) is 0 Å². The fraction of sp³-hybridized carbons (Fsp3) is 0.667. The minimum atomic E-state index is 0.223. The van der Waals surface area contributed by atoms with Crippen LogP contribution in [0.1, 0.15) is 37.1 Å². The van der Waals surface area contributed by atoms with Crippen LogP contribution in [0.2, 0.25) is 0 Å². The molecule has 0 aliphatic carbocycles. The van der Waals surface area contributed by atoms with E-state index in [9.17, 15) is 0 Å². The van der Waals surface area contributed by atoms with Gasteiger partial charge in [0.2, 0.25) is 0 Å². The zero-order valence-corrected chi connectivity index (χ0v) is 12.2. The van der Waals surface area contributed by atoms with Gasteiger partial charge >= 0.3 is 0 Å². The molecule has 1 atom stereocenters. The summed E-state index contributed by atoms with van der Waals surface area (Å²) in [6.07, 6.45) is 4.16. The topological polar surface area (TPSA) is 37.3 Å². The molecule has 3 nitrogen and oxygen atoms in total. The standard InChI is InChI=1S/C12H19N3S2/c1-4-9-6-13-10(17-9)7-14-11-15-12(3,5-2)8-16-11/h6H,4-5,7-8H2,1-3H3,(H,14,15). The normalized spacial score (nSPS) is 26.4. The molecule has 0 saturated carbocycles. The first-order valence-corrected chi connectivity index (χ1v) is 7.84. The number of aromatic nitrogens is 1. The van der Waals surface area contributed by atoms with Gasteiger partial charge in [-0.1, -0.05) is 25.6 Å². The Hall–Kier alpha value is -0.550. The van der Waals surface area contributed by atoms with Crippen molar-refractivity contribution in [3.8, 4) is 0 Å². The number of aryl methyl sites for hydroxylation is 1. The Morgan fingerprint density at radius 3 is 2.94 bits per heavy atom. The minimum absolute atomic E-state index is 0.223. The van der Waals surface area contributed by atoms with Gasteiger partial charge in [0.1, 0.15) is 5.01 Å². The third kappa shape index (κ3) is 3.22. The molecule has 1 saturated heterocycles. The highest BCUT2D eigenvalue weighted by Crippen LogP contribution is 2.26. The van der Waals surface area contributed by atoms with Crippen LogP contribution in [0.5, 0.6) is 0 Å². The van der Waals surface area contributed by atoms with Gasteiger partial charge in [-0.25, -0.2) is 4.98 Å². The van der Waals surface area contributed by atoms with Crippen molar-refractivity contribution in [3.63, 3.8) is 0 Å². The molecule has 0 radical (unpaired) electrons. The number of hydrogen-bond donors (Lipinski definition) is 1.